The van der Waals surface area contributed by atoms with E-state index in [2.05, 4.69) is 9.69 Å². The molecule has 1 fully saturated rings. The summed E-state index contributed by atoms with van der Waals surface area (Å²) in [5.41, 5.74) is 13.5. The van der Waals surface area contributed by atoms with E-state index in [1.54, 1.807) is 19.1 Å². The fourth-order valence-corrected chi connectivity index (χ4v) is 5.28. The Labute approximate surface area is 207 Å². The quantitative estimate of drug-likeness (QED) is 0.455. The average Bonchev–Trinajstić information content (AvgIpc) is 3.52. The minimum Gasteiger partial charge on any atom is -0.464 e. The number of primary amides is 1. The summed E-state index contributed by atoms with van der Waals surface area (Å²) in [5.74, 6) is -0.813. The number of anilines is 2. The number of nitrogens with one attached hydrogen (secondary N) is 1. The zero-order chi connectivity index (χ0) is 25.3. The molecule has 35 heavy (non-hydrogen) atoms. The van der Waals surface area contributed by atoms with Gasteiger partial charge in [-0.2, -0.15) is 4.37 Å². The lowest BCUT2D eigenvalue weighted by Crippen LogP contribution is -2.46. The van der Waals surface area contributed by atoms with Gasteiger partial charge in [-0.25, -0.2) is 0 Å². The van der Waals surface area contributed by atoms with Crippen LogP contribution >= 0.6 is 11.5 Å². The fourth-order valence-electron chi connectivity index (χ4n) is 4.54. The molecule has 1 atom stereocenters. The van der Waals surface area contributed by atoms with Crippen LogP contribution in [0.1, 0.15) is 74.5 Å². The van der Waals surface area contributed by atoms with Crippen LogP contribution in [0.25, 0.3) is 0 Å². The smallest absolute Gasteiger partial charge is 0.273 e. The molecule has 4 rings (SSSR count). The van der Waals surface area contributed by atoms with Gasteiger partial charge in [-0.3, -0.25) is 19.3 Å². The molecule has 0 aliphatic heterocycles. The van der Waals surface area contributed by atoms with E-state index in [0.717, 1.165) is 48.3 Å². The third-order valence-electron chi connectivity index (χ3n) is 6.10. The van der Waals surface area contributed by atoms with Crippen LogP contribution in [0.5, 0.6) is 0 Å². The number of rotatable bonds is 7. The number of benzene rings is 1. The van der Waals surface area contributed by atoms with Crippen molar-refractivity contribution >= 4 is 40.6 Å². The molecule has 5 N–H and O–H groups in total. The van der Waals surface area contributed by atoms with Gasteiger partial charge in [0.1, 0.15) is 16.4 Å². The van der Waals surface area contributed by atoms with E-state index >= 15 is 0 Å². The number of hydrogen-bond acceptors (Lipinski definition) is 7. The van der Waals surface area contributed by atoms with Crippen LogP contribution in [0.15, 0.2) is 34.7 Å². The minimum atomic E-state index is -1.10. The van der Waals surface area contributed by atoms with Crippen LogP contribution in [-0.4, -0.2) is 28.1 Å². The first-order chi connectivity index (χ1) is 16.7. The summed E-state index contributed by atoms with van der Waals surface area (Å²) >= 11 is 0.777. The second-order valence-corrected chi connectivity index (χ2v) is 9.77. The van der Waals surface area contributed by atoms with Crippen LogP contribution in [0, 0.1) is 20.8 Å². The summed E-state index contributed by atoms with van der Waals surface area (Å²) in [6, 6.07) is 8.00. The average molecular weight is 496 g/mol. The number of carbonyl (C=O) groups excluding carboxylic acids is 3. The van der Waals surface area contributed by atoms with Gasteiger partial charge >= 0.3 is 0 Å². The molecule has 184 valence electrons. The number of nitrogen functional groups attached to an aromatic ring is 1. The number of carbonyl (C=O) groups is 3. The van der Waals surface area contributed by atoms with Gasteiger partial charge in [-0.05, 0) is 80.5 Å². The maximum Gasteiger partial charge on any atom is 0.273 e. The van der Waals surface area contributed by atoms with E-state index in [-0.39, 0.29) is 28.2 Å². The minimum absolute atomic E-state index is 0.0277. The molecule has 0 saturated heterocycles. The molecule has 10 heteroatoms. The molecule has 1 saturated carbocycles. The lowest BCUT2D eigenvalue weighted by atomic mass is 10.1. The maximum atomic E-state index is 14.0. The molecule has 2 aromatic heterocycles. The van der Waals surface area contributed by atoms with Crippen molar-refractivity contribution in [2.45, 2.75) is 58.5 Å². The standard InChI is InChI=1S/C25H29N5O4S/c1-13-10-14(2)12-17(11-13)30(25(33)22-19(26)20(23(27)31)29-35-22)21(18-9-8-15(3)34-18)24(32)28-16-6-4-5-7-16/h8-12,16,21H,4-7,26H2,1-3H3,(H2,27,31)(H,28,32)/t21-/m0/s1. The van der Waals surface area contributed by atoms with E-state index in [0.29, 0.717) is 17.2 Å². The van der Waals surface area contributed by atoms with E-state index in [1.165, 1.54) is 4.90 Å². The topological polar surface area (TPSA) is 145 Å². The second kappa shape index (κ2) is 9.91. The number of nitrogens with two attached hydrogens (primary N) is 2. The normalized spacial score (nSPS) is 14.6. The van der Waals surface area contributed by atoms with Crippen molar-refractivity contribution in [3.8, 4) is 0 Å². The summed E-state index contributed by atoms with van der Waals surface area (Å²) in [5, 5.41) is 3.10. The molecule has 0 bridgehead atoms. The second-order valence-electron chi connectivity index (χ2n) is 9.00. The van der Waals surface area contributed by atoms with E-state index in [4.69, 9.17) is 15.9 Å². The molecule has 1 aliphatic carbocycles. The van der Waals surface area contributed by atoms with E-state index in [1.807, 2.05) is 32.0 Å². The fraction of sp³-hybridized carbons (Fsp3) is 0.360. The number of aryl methyl sites for hydroxylation is 3. The Bertz CT molecular complexity index is 1250. The third kappa shape index (κ3) is 5.07. The molecule has 0 spiro atoms. The van der Waals surface area contributed by atoms with Gasteiger partial charge in [0.2, 0.25) is 0 Å². The van der Waals surface area contributed by atoms with Crippen LogP contribution in [-0.2, 0) is 4.79 Å². The van der Waals surface area contributed by atoms with Crippen molar-refractivity contribution in [1.29, 1.82) is 0 Å². The lowest BCUT2D eigenvalue weighted by molar-refractivity contribution is -0.123. The summed E-state index contributed by atoms with van der Waals surface area (Å²) in [7, 11) is 0. The van der Waals surface area contributed by atoms with Crippen LogP contribution < -0.4 is 21.7 Å². The Balaban J connectivity index is 1.86. The van der Waals surface area contributed by atoms with Crippen molar-refractivity contribution < 1.29 is 18.8 Å². The van der Waals surface area contributed by atoms with Crippen molar-refractivity contribution in [3.05, 3.63) is 63.6 Å². The first kappa shape index (κ1) is 24.5. The molecular weight excluding hydrogens is 466 g/mol. The highest BCUT2D eigenvalue weighted by Crippen LogP contribution is 2.35. The van der Waals surface area contributed by atoms with Gasteiger partial charge < -0.3 is 21.2 Å². The zero-order valence-corrected chi connectivity index (χ0v) is 20.8. The maximum absolute atomic E-state index is 14.0. The van der Waals surface area contributed by atoms with Crippen molar-refractivity contribution in [3.63, 3.8) is 0 Å². The highest BCUT2D eigenvalue weighted by atomic mass is 32.1. The summed E-state index contributed by atoms with van der Waals surface area (Å²) in [4.78, 5) is 40.9. The molecule has 0 radical (unpaired) electrons. The monoisotopic (exact) mass is 495 g/mol. The molecular formula is C25H29N5O4S. The Hall–Kier alpha value is -3.66. The number of amides is 3. The SMILES string of the molecule is Cc1cc(C)cc(N(C(=O)c2snc(C(N)=O)c2N)[C@H](C(=O)NC2CCCC2)c2ccc(C)o2)c1. The van der Waals surface area contributed by atoms with Crippen LogP contribution in [0.3, 0.4) is 0 Å². The first-order valence-corrected chi connectivity index (χ1v) is 12.3. The number of hydrogen-bond donors (Lipinski definition) is 3. The lowest BCUT2D eigenvalue weighted by Gasteiger charge is -2.31. The molecule has 9 nitrogen and oxygen atoms in total. The van der Waals surface area contributed by atoms with Gasteiger partial charge in [0, 0.05) is 11.7 Å². The summed E-state index contributed by atoms with van der Waals surface area (Å²) < 4.78 is 9.86. The summed E-state index contributed by atoms with van der Waals surface area (Å²) in [6.45, 7) is 5.60. The molecule has 3 aromatic rings. The molecule has 1 aromatic carbocycles. The van der Waals surface area contributed by atoms with Gasteiger partial charge in [0.05, 0.1) is 5.69 Å². The van der Waals surface area contributed by atoms with Crippen LogP contribution in [0.2, 0.25) is 0 Å². The Morgan fingerprint density at radius 1 is 1.11 bits per heavy atom. The van der Waals surface area contributed by atoms with Gasteiger partial charge in [-0.1, -0.05) is 18.9 Å². The molecule has 3 amide bonds. The third-order valence-corrected chi connectivity index (χ3v) is 6.95. The number of furan rings is 1. The number of nitrogens with zero attached hydrogens (tertiary/aromatic N) is 2. The Morgan fingerprint density at radius 2 is 1.77 bits per heavy atom. The highest BCUT2D eigenvalue weighted by molar-refractivity contribution is 7.09. The van der Waals surface area contributed by atoms with E-state index in [9.17, 15) is 14.4 Å². The molecule has 1 aliphatic rings. The predicted octanol–water partition coefficient (Wildman–Crippen LogP) is 3.79. The van der Waals surface area contributed by atoms with E-state index < -0.39 is 17.9 Å². The van der Waals surface area contributed by atoms with Gasteiger partial charge in [0.25, 0.3) is 17.7 Å². The molecule has 2 heterocycles. The van der Waals surface area contributed by atoms with Crippen molar-refractivity contribution in [2.24, 2.45) is 5.73 Å². The Kier molecular flexibility index (Phi) is 6.93. The Morgan fingerprint density at radius 3 is 2.31 bits per heavy atom. The largest absolute Gasteiger partial charge is 0.464 e. The number of aromatic nitrogens is 1. The van der Waals surface area contributed by atoms with Gasteiger partial charge in [0.15, 0.2) is 11.7 Å². The van der Waals surface area contributed by atoms with Gasteiger partial charge in [-0.15, -0.1) is 0 Å². The predicted molar refractivity (Wildman–Crippen MR) is 134 cm³/mol. The highest BCUT2D eigenvalue weighted by Gasteiger charge is 2.38. The molecule has 0 unspecified atom stereocenters. The van der Waals surface area contributed by atoms with Crippen LogP contribution in [0.4, 0.5) is 11.4 Å². The van der Waals surface area contributed by atoms with Crippen molar-refractivity contribution in [2.75, 3.05) is 10.6 Å². The van der Waals surface area contributed by atoms with Crippen molar-refractivity contribution in [1.82, 2.24) is 9.69 Å². The summed E-state index contributed by atoms with van der Waals surface area (Å²) in [6.07, 6.45) is 3.86. The first-order valence-electron chi connectivity index (χ1n) is 11.5. The zero-order valence-electron chi connectivity index (χ0n) is 20.0.